The Morgan fingerprint density at radius 1 is 0.600 bits per heavy atom. The number of amides is 3. The standard InChI is InChI=1S/C40H72N12O6S2/c41-29(11-7-10-18-52-40(47)48)33(53)15-5-1-3-12-31(43)38(55)50-19-21-57-34-23-27-25-59-60-26-28(27)24-35(34)58-22-20-51-39(56)32(44)14-8-9-17-49-37(54)30(42)13-4-2-6-16-36(45)46/h23-24,29-32H,1-22,25-26,41-44H2,(H3,45,46)(H,49,54)(H,50,55)(H,51,56)(H4,47,48,52)/t29-,30-,31-,32-/m0/s1. The van der Waals surface area contributed by atoms with E-state index in [2.05, 4.69) is 20.9 Å². The third-order valence-corrected chi connectivity index (χ3v) is 12.1. The zero-order valence-electron chi connectivity index (χ0n) is 35.2. The van der Waals surface area contributed by atoms with Crippen LogP contribution in [-0.2, 0) is 30.7 Å². The highest BCUT2D eigenvalue weighted by atomic mass is 33.1. The lowest BCUT2D eigenvalue weighted by molar-refractivity contribution is -0.123. The van der Waals surface area contributed by atoms with Crippen LogP contribution in [0.25, 0.3) is 0 Å². The summed E-state index contributed by atoms with van der Waals surface area (Å²) < 4.78 is 12.1. The number of carbonyl (C=O) groups excluding carboxylic acids is 4. The largest absolute Gasteiger partial charge is 0.488 e. The van der Waals surface area contributed by atoms with Crippen molar-refractivity contribution in [3.8, 4) is 11.5 Å². The minimum Gasteiger partial charge on any atom is -0.488 e. The second-order valence-electron chi connectivity index (χ2n) is 15.1. The van der Waals surface area contributed by atoms with Gasteiger partial charge in [0.25, 0.3) is 0 Å². The summed E-state index contributed by atoms with van der Waals surface area (Å²) in [5.41, 5.74) is 42.6. The summed E-state index contributed by atoms with van der Waals surface area (Å²) in [6.45, 7) is 1.88. The van der Waals surface area contributed by atoms with Crippen LogP contribution in [0, 0.1) is 5.41 Å². The zero-order valence-corrected chi connectivity index (χ0v) is 36.8. The number of ether oxygens (including phenoxy) is 2. The van der Waals surface area contributed by atoms with E-state index >= 15 is 0 Å². The molecule has 0 aromatic heterocycles. The number of hydrogen-bond donors (Lipinski definition) is 11. The fraction of sp³-hybridized carbons (Fsp3) is 0.700. The highest BCUT2D eigenvalue weighted by Gasteiger charge is 2.19. The zero-order chi connectivity index (χ0) is 44.1. The first kappa shape index (κ1) is 52.3. The Morgan fingerprint density at radius 3 is 1.52 bits per heavy atom. The lowest BCUT2D eigenvalue weighted by Crippen LogP contribution is -2.42. The summed E-state index contributed by atoms with van der Waals surface area (Å²) in [6, 6.07) is 1.52. The van der Waals surface area contributed by atoms with Gasteiger partial charge in [0.15, 0.2) is 17.5 Å². The molecular formula is C40H72N12O6S2. The van der Waals surface area contributed by atoms with Crippen molar-refractivity contribution >= 4 is 56.9 Å². The molecule has 0 spiro atoms. The highest BCUT2D eigenvalue weighted by molar-refractivity contribution is 8.76. The van der Waals surface area contributed by atoms with E-state index in [0.29, 0.717) is 88.8 Å². The molecule has 2 rings (SSSR count). The van der Waals surface area contributed by atoms with Crippen molar-refractivity contribution in [1.82, 2.24) is 16.0 Å². The second kappa shape index (κ2) is 31.1. The molecule has 0 aliphatic carbocycles. The van der Waals surface area contributed by atoms with Gasteiger partial charge in [-0.1, -0.05) is 47.3 Å². The van der Waals surface area contributed by atoms with Crippen LogP contribution >= 0.6 is 21.6 Å². The third-order valence-electron chi connectivity index (χ3n) is 9.88. The third kappa shape index (κ3) is 23.3. The van der Waals surface area contributed by atoms with E-state index in [9.17, 15) is 19.2 Å². The van der Waals surface area contributed by atoms with Crippen LogP contribution in [0.4, 0.5) is 0 Å². The Morgan fingerprint density at radius 2 is 1.03 bits per heavy atom. The molecule has 0 saturated heterocycles. The van der Waals surface area contributed by atoms with Crippen molar-refractivity contribution in [2.24, 2.45) is 45.1 Å². The first-order valence-electron chi connectivity index (χ1n) is 21.2. The number of nitrogens with zero attached hydrogens (tertiary/aromatic N) is 1. The average molecular weight is 881 g/mol. The molecule has 0 radical (unpaired) electrons. The summed E-state index contributed by atoms with van der Waals surface area (Å²) in [5, 5.41) is 15.8. The summed E-state index contributed by atoms with van der Waals surface area (Å²) >= 11 is 0. The van der Waals surface area contributed by atoms with Gasteiger partial charge in [0.1, 0.15) is 19.0 Å². The van der Waals surface area contributed by atoms with Crippen molar-refractivity contribution in [2.75, 3.05) is 39.4 Å². The van der Waals surface area contributed by atoms with Gasteiger partial charge in [-0.25, -0.2) is 0 Å². The van der Waals surface area contributed by atoms with Gasteiger partial charge in [0.05, 0.1) is 43.1 Å². The normalized spacial score (nSPS) is 14.1. The molecule has 0 bridgehead atoms. The van der Waals surface area contributed by atoms with Crippen molar-refractivity contribution in [3.63, 3.8) is 0 Å². The number of nitrogens with one attached hydrogen (secondary N) is 4. The molecule has 1 aliphatic rings. The van der Waals surface area contributed by atoms with E-state index in [1.54, 1.807) is 21.6 Å². The van der Waals surface area contributed by atoms with Gasteiger partial charge in [0, 0.05) is 37.4 Å². The van der Waals surface area contributed by atoms with E-state index in [1.165, 1.54) is 0 Å². The molecular weight excluding hydrogens is 809 g/mol. The molecule has 4 atom stereocenters. The number of carbonyl (C=O) groups is 4. The van der Waals surface area contributed by atoms with Crippen LogP contribution in [-0.4, -0.2) is 98.9 Å². The minimum atomic E-state index is -0.691. The Labute approximate surface area is 363 Å². The van der Waals surface area contributed by atoms with E-state index in [-0.39, 0.29) is 61.6 Å². The number of unbranched alkanes of at least 4 members (excludes halogenated alkanes) is 6. The van der Waals surface area contributed by atoms with Gasteiger partial charge in [-0.3, -0.25) is 29.6 Å². The molecule has 3 amide bonds. The maximum Gasteiger partial charge on any atom is 0.237 e. The Kier molecular flexibility index (Phi) is 27.1. The quantitative estimate of drug-likeness (QED) is 0.0202. The molecule has 1 aromatic rings. The molecule has 0 unspecified atom stereocenters. The van der Waals surface area contributed by atoms with Crippen LogP contribution in [0.5, 0.6) is 11.5 Å². The number of aliphatic imine (C=N–C) groups is 1. The molecule has 1 heterocycles. The lowest BCUT2D eigenvalue weighted by atomic mass is 10.0. The Bertz CT molecular complexity index is 1500. The molecule has 0 saturated carbocycles. The van der Waals surface area contributed by atoms with E-state index in [1.807, 2.05) is 12.1 Å². The van der Waals surface area contributed by atoms with Gasteiger partial charge in [0.2, 0.25) is 17.7 Å². The van der Waals surface area contributed by atoms with E-state index < -0.39 is 24.2 Å². The molecule has 18 N–H and O–H groups in total. The topological polar surface area (TPSA) is 341 Å². The molecule has 340 valence electrons. The predicted octanol–water partition coefficient (Wildman–Crippen LogP) is 1.52. The minimum absolute atomic E-state index is 0.0351. The van der Waals surface area contributed by atoms with Crippen molar-refractivity contribution in [2.45, 2.75) is 138 Å². The van der Waals surface area contributed by atoms with Crippen molar-refractivity contribution in [3.05, 3.63) is 23.3 Å². The molecule has 1 aromatic carbocycles. The van der Waals surface area contributed by atoms with E-state index in [0.717, 1.165) is 61.2 Å². The van der Waals surface area contributed by atoms with Crippen LogP contribution in [0.2, 0.25) is 0 Å². The maximum atomic E-state index is 12.6. The van der Waals surface area contributed by atoms with Crippen LogP contribution in [0.1, 0.15) is 114 Å². The number of guanidine groups is 1. The summed E-state index contributed by atoms with van der Waals surface area (Å²) in [6.07, 6.45) is 10.6. The number of rotatable bonds is 34. The fourth-order valence-corrected chi connectivity index (χ4v) is 8.45. The van der Waals surface area contributed by atoms with Gasteiger partial charge >= 0.3 is 0 Å². The first-order chi connectivity index (χ1) is 28.8. The summed E-state index contributed by atoms with van der Waals surface area (Å²) in [4.78, 5) is 53.8. The number of nitrogens with two attached hydrogens (primary N) is 7. The van der Waals surface area contributed by atoms with Crippen LogP contribution in [0.15, 0.2) is 17.1 Å². The summed E-state index contributed by atoms with van der Waals surface area (Å²) in [5.74, 6) is 2.31. The van der Waals surface area contributed by atoms with Crippen LogP contribution in [0.3, 0.4) is 0 Å². The average Bonchev–Trinajstić information content (AvgIpc) is 3.22. The van der Waals surface area contributed by atoms with Crippen molar-refractivity contribution < 1.29 is 28.7 Å². The fourth-order valence-electron chi connectivity index (χ4n) is 6.23. The molecule has 60 heavy (non-hydrogen) atoms. The molecule has 1 aliphatic heterocycles. The van der Waals surface area contributed by atoms with Crippen molar-refractivity contribution in [1.29, 1.82) is 5.41 Å². The van der Waals surface area contributed by atoms with Gasteiger partial charge in [-0.2, -0.15) is 0 Å². The number of Topliss-reactive ketones (excluding diaryl/α,β-unsaturated/α-hetero) is 1. The number of amidine groups is 1. The maximum absolute atomic E-state index is 12.6. The predicted molar refractivity (Wildman–Crippen MR) is 242 cm³/mol. The Hall–Kier alpha value is -3.82. The van der Waals surface area contributed by atoms with Gasteiger partial charge in [-0.05, 0) is 87.5 Å². The second-order valence-corrected chi connectivity index (χ2v) is 17.5. The smallest absolute Gasteiger partial charge is 0.237 e. The highest BCUT2D eigenvalue weighted by Crippen LogP contribution is 2.41. The van der Waals surface area contributed by atoms with Gasteiger partial charge in [-0.15, -0.1) is 0 Å². The van der Waals surface area contributed by atoms with Gasteiger partial charge < -0.3 is 65.6 Å². The van der Waals surface area contributed by atoms with Crippen LogP contribution < -0.4 is 65.6 Å². The number of fused-ring (bicyclic) bond motifs is 1. The number of benzene rings is 1. The number of hydrogen-bond acceptors (Lipinski definition) is 14. The number of ketones is 1. The lowest BCUT2D eigenvalue weighted by Gasteiger charge is -2.20. The summed E-state index contributed by atoms with van der Waals surface area (Å²) in [7, 11) is 3.54. The Balaban J connectivity index is 1.64. The molecule has 18 nitrogen and oxygen atoms in total. The first-order valence-corrected chi connectivity index (χ1v) is 23.7. The van der Waals surface area contributed by atoms with E-state index in [4.69, 9.17) is 55.0 Å². The molecule has 0 fully saturated rings. The monoisotopic (exact) mass is 881 g/mol. The molecule has 20 heteroatoms. The SMILES string of the molecule is N=C(N)CCCCC[C@H](N)C(=O)NCCCC[C@H](N)C(=O)NCCOc1cc2c(cc1OCCNC(=O)[C@@H](N)CCCCCC(=O)[C@@H](N)CCCCN=C(N)N)CSSC2.